The molecule has 1 aliphatic heterocycles. The zero-order chi connectivity index (χ0) is 14.4. The molecule has 0 bridgehead atoms. The lowest BCUT2D eigenvalue weighted by Crippen LogP contribution is -2.35. The number of amides is 1. The molecule has 5 heteroatoms. The molecule has 5 nitrogen and oxygen atoms in total. The number of hydrogen-bond donors (Lipinski definition) is 2. The summed E-state index contributed by atoms with van der Waals surface area (Å²) in [5, 5.41) is 2.76. The number of nitrogens with two attached hydrogens (primary N) is 1. The van der Waals surface area contributed by atoms with Crippen molar-refractivity contribution in [3.63, 3.8) is 0 Å². The molecule has 20 heavy (non-hydrogen) atoms. The Morgan fingerprint density at radius 1 is 1.45 bits per heavy atom. The Morgan fingerprint density at radius 2 is 2.20 bits per heavy atom. The molecule has 1 aliphatic rings. The molecule has 1 aromatic rings. The van der Waals surface area contributed by atoms with Gasteiger partial charge < -0.3 is 16.0 Å². The van der Waals surface area contributed by atoms with Gasteiger partial charge in [-0.3, -0.25) is 4.79 Å². The van der Waals surface area contributed by atoms with E-state index in [2.05, 4.69) is 21.8 Å². The van der Waals surface area contributed by atoms with E-state index >= 15 is 0 Å². The fourth-order valence-corrected chi connectivity index (χ4v) is 2.29. The van der Waals surface area contributed by atoms with Crippen LogP contribution in [-0.2, 0) is 4.79 Å². The molecule has 0 aliphatic carbocycles. The van der Waals surface area contributed by atoms with Gasteiger partial charge in [0.2, 0.25) is 5.91 Å². The van der Waals surface area contributed by atoms with Gasteiger partial charge in [-0.05, 0) is 37.8 Å². The van der Waals surface area contributed by atoms with Crippen LogP contribution in [0.15, 0.2) is 31.0 Å². The van der Waals surface area contributed by atoms with Gasteiger partial charge in [-0.2, -0.15) is 0 Å². The maximum absolute atomic E-state index is 11.8. The second-order valence-corrected chi connectivity index (χ2v) is 5.07. The number of nitrogens with zero attached hydrogens (tertiary/aromatic N) is 2. The summed E-state index contributed by atoms with van der Waals surface area (Å²) < 4.78 is 0. The third-order valence-electron chi connectivity index (χ3n) is 3.45. The van der Waals surface area contributed by atoms with Gasteiger partial charge in [0, 0.05) is 13.1 Å². The smallest absolute Gasteiger partial charge is 0.241 e. The van der Waals surface area contributed by atoms with Crippen LogP contribution in [0.4, 0.5) is 11.5 Å². The van der Waals surface area contributed by atoms with Crippen LogP contribution in [-0.4, -0.2) is 30.0 Å². The Bertz CT molecular complexity index is 451. The van der Waals surface area contributed by atoms with Crippen LogP contribution in [0.1, 0.15) is 25.7 Å². The molecular weight excluding hydrogens is 252 g/mol. The van der Waals surface area contributed by atoms with Gasteiger partial charge in [0.05, 0.1) is 17.9 Å². The Morgan fingerprint density at radius 3 is 2.80 bits per heavy atom. The molecule has 1 aromatic heterocycles. The maximum Gasteiger partial charge on any atom is 0.241 e. The van der Waals surface area contributed by atoms with Crippen LogP contribution >= 0.6 is 0 Å². The first-order chi connectivity index (χ1) is 9.70. The second kappa shape index (κ2) is 7.05. The quantitative estimate of drug-likeness (QED) is 0.805. The minimum atomic E-state index is -0.561. The first kappa shape index (κ1) is 14.5. The number of piperidine rings is 1. The topological polar surface area (TPSA) is 71.2 Å². The maximum atomic E-state index is 11.8. The van der Waals surface area contributed by atoms with Crippen molar-refractivity contribution in [1.29, 1.82) is 0 Å². The number of hydrogen-bond acceptors (Lipinski definition) is 4. The molecular formula is C15H22N4O. The molecule has 1 saturated heterocycles. The lowest BCUT2D eigenvalue weighted by Gasteiger charge is -2.27. The molecule has 0 spiro atoms. The van der Waals surface area contributed by atoms with Gasteiger partial charge in [-0.1, -0.05) is 6.08 Å². The number of carbonyl (C=O) groups excluding carboxylic acids is 1. The lowest BCUT2D eigenvalue weighted by molar-refractivity contribution is -0.117. The van der Waals surface area contributed by atoms with Crippen molar-refractivity contribution >= 4 is 17.4 Å². The van der Waals surface area contributed by atoms with E-state index in [4.69, 9.17) is 5.73 Å². The minimum absolute atomic E-state index is 0.211. The lowest BCUT2D eigenvalue weighted by atomic mass is 10.1. The van der Waals surface area contributed by atoms with Gasteiger partial charge >= 0.3 is 0 Å². The fourth-order valence-electron chi connectivity index (χ4n) is 2.29. The van der Waals surface area contributed by atoms with Gasteiger partial charge in [-0.25, -0.2) is 4.98 Å². The Labute approximate surface area is 119 Å². The highest BCUT2D eigenvalue weighted by atomic mass is 16.2. The van der Waals surface area contributed by atoms with Crippen molar-refractivity contribution in [2.45, 2.75) is 31.7 Å². The summed E-state index contributed by atoms with van der Waals surface area (Å²) in [6, 6.07) is 3.25. The van der Waals surface area contributed by atoms with Gasteiger partial charge in [0.1, 0.15) is 5.82 Å². The van der Waals surface area contributed by atoms with Crippen LogP contribution < -0.4 is 16.0 Å². The molecule has 0 radical (unpaired) electrons. The van der Waals surface area contributed by atoms with Crippen molar-refractivity contribution in [2.24, 2.45) is 5.73 Å². The van der Waals surface area contributed by atoms with Gasteiger partial charge in [0.15, 0.2) is 0 Å². The highest BCUT2D eigenvalue weighted by molar-refractivity contribution is 5.94. The average molecular weight is 274 g/mol. The molecule has 1 unspecified atom stereocenters. The molecule has 1 atom stereocenters. The zero-order valence-electron chi connectivity index (χ0n) is 11.7. The molecule has 0 saturated carbocycles. The van der Waals surface area contributed by atoms with E-state index in [1.165, 1.54) is 19.3 Å². The minimum Gasteiger partial charge on any atom is -0.357 e. The third-order valence-corrected chi connectivity index (χ3v) is 3.45. The number of rotatable bonds is 5. The number of anilines is 2. The van der Waals surface area contributed by atoms with Gasteiger partial charge in [-0.15, -0.1) is 6.58 Å². The van der Waals surface area contributed by atoms with E-state index in [0.717, 1.165) is 18.9 Å². The number of nitrogens with one attached hydrogen (secondary N) is 1. The van der Waals surface area contributed by atoms with Crippen LogP contribution in [0.25, 0.3) is 0 Å². The highest BCUT2D eigenvalue weighted by Gasteiger charge is 2.14. The SMILES string of the molecule is C=CCC(N)C(=O)Nc1ccc(N2CCCCC2)nc1. The average Bonchev–Trinajstić information content (AvgIpc) is 2.49. The van der Waals surface area contributed by atoms with E-state index in [9.17, 15) is 4.79 Å². The predicted molar refractivity (Wildman–Crippen MR) is 81.7 cm³/mol. The first-order valence-corrected chi connectivity index (χ1v) is 7.09. The molecule has 0 aromatic carbocycles. The van der Waals surface area contributed by atoms with Crippen molar-refractivity contribution < 1.29 is 4.79 Å². The summed E-state index contributed by atoms with van der Waals surface area (Å²) in [5.41, 5.74) is 6.39. The predicted octanol–water partition coefficient (Wildman–Crippen LogP) is 1.91. The molecule has 3 N–H and O–H groups in total. The number of carbonyl (C=O) groups is 1. The van der Waals surface area contributed by atoms with Crippen molar-refractivity contribution in [2.75, 3.05) is 23.3 Å². The zero-order valence-corrected chi connectivity index (χ0v) is 11.7. The third kappa shape index (κ3) is 3.81. The molecule has 2 heterocycles. The second-order valence-electron chi connectivity index (χ2n) is 5.07. The molecule has 2 rings (SSSR count). The molecule has 1 amide bonds. The van der Waals surface area contributed by atoms with E-state index in [-0.39, 0.29) is 5.91 Å². The Hall–Kier alpha value is -1.88. The molecule has 1 fully saturated rings. The van der Waals surface area contributed by atoms with E-state index < -0.39 is 6.04 Å². The highest BCUT2D eigenvalue weighted by Crippen LogP contribution is 2.18. The summed E-state index contributed by atoms with van der Waals surface area (Å²) in [4.78, 5) is 18.5. The Balaban J connectivity index is 1.94. The normalized spacial score (nSPS) is 16.6. The monoisotopic (exact) mass is 274 g/mol. The van der Waals surface area contributed by atoms with E-state index in [0.29, 0.717) is 12.1 Å². The largest absolute Gasteiger partial charge is 0.357 e. The fraction of sp³-hybridized carbons (Fsp3) is 0.467. The number of pyridine rings is 1. The van der Waals surface area contributed by atoms with Crippen LogP contribution in [0.3, 0.4) is 0 Å². The van der Waals surface area contributed by atoms with E-state index in [1.54, 1.807) is 12.3 Å². The van der Waals surface area contributed by atoms with Crippen LogP contribution in [0, 0.1) is 0 Å². The van der Waals surface area contributed by atoms with E-state index in [1.807, 2.05) is 12.1 Å². The summed E-state index contributed by atoms with van der Waals surface area (Å²) in [6.45, 7) is 5.69. The Kier molecular flexibility index (Phi) is 5.12. The summed E-state index contributed by atoms with van der Waals surface area (Å²) in [5.74, 6) is 0.760. The summed E-state index contributed by atoms with van der Waals surface area (Å²) in [7, 11) is 0. The number of aromatic nitrogens is 1. The standard InChI is InChI=1S/C15H22N4O/c1-2-6-13(16)15(20)18-12-7-8-14(17-11-12)19-9-4-3-5-10-19/h2,7-8,11,13H,1,3-6,9-10,16H2,(H,18,20). The van der Waals surface area contributed by atoms with Gasteiger partial charge in [0.25, 0.3) is 0 Å². The summed E-state index contributed by atoms with van der Waals surface area (Å²) >= 11 is 0. The first-order valence-electron chi connectivity index (χ1n) is 7.09. The van der Waals surface area contributed by atoms with Crippen molar-refractivity contribution in [3.05, 3.63) is 31.0 Å². The van der Waals surface area contributed by atoms with Crippen LogP contribution in [0.5, 0.6) is 0 Å². The molecule has 108 valence electrons. The van der Waals surface area contributed by atoms with Crippen molar-refractivity contribution in [3.8, 4) is 0 Å². The van der Waals surface area contributed by atoms with Crippen molar-refractivity contribution in [1.82, 2.24) is 4.98 Å². The summed E-state index contributed by atoms with van der Waals surface area (Å²) in [6.07, 6.45) is 7.52. The van der Waals surface area contributed by atoms with Crippen LogP contribution in [0.2, 0.25) is 0 Å².